The Morgan fingerprint density at radius 2 is 2.00 bits per heavy atom. The maximum Gasteiger partial charge on any atom is 0.301 e. The molecule has 7 nitrogen and oxygen atoms in total. The van der Waals surface area contributed by atoms with E-state index < -0.39 is 17.5 Å². The van der Waals surface area contributed by atoms with E-state index in [-0.39, 0.29) is 18.1 Å². The van der Waals surface area contributed by atoms with Gasteiger partial charge < -0.3 is 14.8 Å². The molecule has 0 saturated heterocycles. The van der Waals surface area contributed by atoms with E-state index in [1.807, 2.05) is 0 Å². The van der Waals surface area contributed by atoms with Crippen LogP contribution in [0.2, 0.25) is 0 Å². The quantitative estimate of drug-likeness (QED) is 0.615. The molecule has 0 bridgehead atoms. The summed E-state index contributed by atoms with van der Waals surface area (Å²) >= 11 is 0. The number of benzene rings is 1. The van der Waals surface area contributed by atoms with Crippen LogP contribution in [0.15, 0.2) is 41.5 Å². The fraction of sp³-hybridized carbons (Fsp3) is 0.200. The van der Waals surface area contributed by atoms with Crippen molar-refractivity contribution in [2.24, 2.45) is 7.05 Å². The van der Waals surface area contributed by atoms with Gasteiger partial charge in [-0.15, -0.1) is 0 Å². The Balaban J connectivity index is 1.87. The zero-order chi connectivity index (χ0) is 16.6. The van der Waals surface area contributed by atoms with Crippen LogP contribution in [0, 0.1) is 5.82 Å². The number of halogens is 1. The van der Waals surface area contributed by atoms with E-state index in [1.54, 1.807) is 29.9 Å². The van der Waals surface area contributed by atoms with Gasteiger partial charge in [-0.05, 0) is 17.7 Å². The molecule has 0 spiro atoms. The van der Waals surface area contributed by atoms with Gasteiger partial charge in [-0.25, -0.2) is 13.8 Å². The predicted octanol–water partition coefficient (Wildman–Crippen LogP) is 0.658. The summed E-state index contributed by atoms with van der Waals surface area (Å²) in [5, 5.41) is 22.9. The molecule has 0 aliphatic heterocycles. The fourth-order valence-corrected chi connectivity index (χ4v) is 2.25. The van der Waals surface area contributed by atoms with Gasteiger partial charge in [0.05, 0.1) is 0 Å². The van der Waals surface area contributed by atoms with Crippen LogP contribution in [0.1, 0.15) is 17.5 Å². The molecule has 23 heavy (non-hydrogen) atoms. The Bertz CT molecular complexity index is 901. The van der Waals surface area contributed by atoms with Crippen LogP contribution >= 0.6 is 0 Å². The maximum absolute atomic E-state index is 12.9. The van der Waals surface area contributed by atoms with Crippen LogP contribution in [0.3, 0.4) is 0 Å². The number of aliphatic hydroxyl groups is 1. The lowest BCUT2D eigenvalue weighted by molar-refractivity contribution is 0.129. The first-order chi connectivity index (χ1) is 11.0. The molecule has 0 saturated carbocycles. The highest BCUT2D eigenvalue weighted by Crippen LogP contribution is 2.18. The van der Waals surface area contributed by atoms with Gasteiger partial charge in [-0.2, -0.15) is 0 Å². The van der Waals surface area contributed by atoms with Gasteiger partial charge in [-0.1, -0.05) is 12.1 Å². The Labute approximate surface area is 130 Å². The van der Waals surface area contributed by atoms with E-state index in [0.717, 1.165) is 5.56 Å². The third-order valence-corrected chi connectivity index (χ3v) is 3.53. The van der Waals surface area contributed by atoms with Crippen LogP contribution < -0.4 is 10.9 Å². The first-order valence-corrected chi connectivity index (χ1v) is 6.90. The number of nitrogens with one attached hydrogen (secondary N) is 1. The number of hydrogen-bond donors (Lipinski definition) is 3. The molecule has 8 heteroatoms. The summed E-state index contributed by atoms with van der Waals surface area (Å²) in [5.41, 5.74) is -0.0752. The number of aliphatic hydroxyl groups excluding tert-OH is 1. The first-order valence-electron chi connectivity index (χ1n) is 6.90. The van der Waals surface area contributed by atoms with Crippen molar-refractivity contribution in [2.75, 3.05) is 0 Å². The van der Waals surface area contributed by atoms with E-state index in [4.69, 9.17) is 0 Å². The van der Waals surface area contributed by atoms with Gasteiger partial charge in [-0.3, -0.25) is 10.1 Å². The van der Waals surface area contributed by atoms with Gasteiger partial charge >= 0.3 is 5.56 Å². The van der Waals surface area contributed by atoms with Crippen LogP contribution in [0.4, 0.5) is 4.39 Å². The number of aryl methyl sites for hydroxylation is 1. The largest absolute Gasteiger partial charge is 0.502 e. The standard InChI is InChI=1S/C15H15FN4O3/c1-19-6-7-20-14(23)12(21)11(18-15(19)20)13(22)17-8-9-2-4-10(16)5-3-9/h2-7,13,17,21-22H,8H2,1H3. The monoisotopic (exact) mass is 318 g/mol. The van der Waals surface area contributed by atoms with Gasteiger partial charge in [0.2, 0.25) is 11.5 Å². The van der Waals surface area contributed by atoms with E-state index >= 15 is 0 Å². The number of aromatic nitrogens is 3. The predicted molar refractivity (Wildman–Crippen MR) is 80.3 cm³/mol. The summed E-state index contributed by atoms with van der Waals surface area (Å²) in [6, 6.07) is 5.75. The molecular formula is C15H15FN4O3. The highest BCUT2D eigenvalue weighted by molar-refractivity contribution is 5.38. The summed E-state index contributed by atoms with van der Waals surface area (Å²) in [5.74, 6) is -0.672. The average molecular weight is 318 g/mol. The number of rotatable bonds is 4. The Morgan fingerprint density at radius 1 is 1.30 bits per heavy atom. The first kappa shape index (κ1) is 15.2. The lowest BCUT2D eigenvalue weighted by Crippen LogP contribution is -2.25. The number of fused-ring (bicyclic) bond motifs is 1. The minimum atomic E-state index is -1.34. The Morgan fingerprint density at radius 3 is 2.70 bits per heavy atom. The molecular weight excluding hydrogens is 303 g/mol. The van der Waals surface area contributed by atoms with Crippen molar-refractivity contribution in [1.29, 1.82) is 0 Å². The fourth-order valence-electron chi connectivity index (χ4n) is 2.25. The topological polar surface area (TPSA) is 91.8 Å². The lowest BCUT2D eigenvalue weighted by atomic mass is 10.2. The van der Waals surface area contributed by atoms with Crippen LogP contribution in [-0.2, 0) is 13.6 Å². The third kappa shape index (κ3) is 2.81. The smallest absolute Gasteiger partial charge is 0.301 e. The molecule has 1 atom stereocenters. The number of nitrogens with zero attached hydrogens (tertiary/aromatic N) is 3. The number of imidazole rings is 1. The highest BCUT2D eigenvalue weighted by atomic mass is 19.1. The summed E-state index contributed by atoms with van der Waals surface area (Å²) in [6.45, 7) is 0.217. The third-order valence-electron chi connectivity index (χ3n) is 3.53. The summed E-state index contributed by atoms with van der Waals surface area (Å²) in [6.07, 6.45) is 1.75. The summed E-state index contributed by atoms with van der Waals surface area (Å²) in [7, 11) is 1.70. The van der Waals surface area contributed by atoms with Crippen molar-refractivity contribution in [3.8, 4) is 5.75 Å². The van der Waals surface area contributed by atoms with Gasteiger partial charge in [0.1, 0.15) is 11.5 Å². The van der Waals surface area contributed by atoms with E-state index in [2.05, 4.69) is 10.3 Å². The van der Waals surface area contributed by atoms with Crippen molar-refractivity contribution < 1.29 is 14.6 Å². The zero-order valence-corrected chi connectivity index (χ0v) is 12.3. The Hall–Kier alpha value is -2.71. The molecule has 0 fully saturated rings. The van der Waals surface area contributed by atoms with Gasteiger partial charge in [0.25, 0.3) is 0 Å². The van der Waals surface area contributed by atoms with Crippen molar-refractivity contribution >= 4 is 5.78 Å². The second-order valence-corrected chi connectivity index (χ2v) is 5.14. The number of aromatic hydroxyl groups is 1. The number of hydrogen-bond acceptors (Lipinski definition) is 5. The SMILES string of the molecule is Cn1ccn2c(=O)c(O)c(C(O)NCc3ccc(F)cc3)nc12. The van der Waals surface area contributed by atoms with Crippen LogP contribution in [0.5, 0.6) is 5.75 Å². The van der Waals surface area contributed by atoms with Crippen LogP contribution in [0.25, 0.3) is 5.78 Å². The molecule has 3 rings (SSSR count). The molecule has 0 radical (unpaired) electrons. The average Bonchev–Trinajstić information content (AvgIpc) is 2.91. The minimum Gasteiger partial charge on any atom is -0.502 e. The molecule has 1 unspecified atom stereocenters. The van der Waals surface area contributed by atoms with Crippen molar-refractivity contribution in [3.05, 3.63) is 64.1 Å². The molecule has 1 aromatic carbocycles. The minimum absolute atomic E-state index is 0.154. The molecule has 2 aromatic heterocycles. The molecule has 120 valence electrons. The second kappa shape index (κ2) is 5.82. The molecule has 0 amide bonds. The second-order valence-electron chi connectivity index (χ2n) is 5.14. The van der Waals surface area contributed by atoms with E-state index in [1.165, 1.54) is 22.7 Å². The molecule has 3 aromatic rings. The lowest BCUT2D eigenvalue weighted by Gasteiger charge is -2.14. The van der Waals surface area contributed by atoms with Crippen molar-refractivity contribution in [2.45, 2.75) is 12.8 Å². The summed E-state index contributed by atoms with van der Waals surface area (Å²) in [4.78, 5) is 16.2. The Kier molecular flexibility index (Phi) is 3.85. The maximum atomic E-state index is 12.9. The summed E-state index contributed by atoms with van der Waals surface area (Å²) < 4.78 is 15.6. The van der Waals surface area contributed by atoms with E-state index in [0.29, 0.717) is 5.78 Å². The van der Waals surface area contributed by atoms with Crippen molar-refractivity contribution in [1.82, 2.24) is 19.3 Å². The van der Waals surface area contributed by atoms with E-state index in [9.17, 15) is 19.4 Å². The van der Waals surface area contributed by atoms with Gasteiger partial charge in [0.15, 0.2) is 6.23 Å². The van der Waals surface area contributed by atoms with Gasteiger partial charge in [0, 0.05) is 26.0 Å². The zero-order valence-electron chi connectivity index (χ0n) is 12.3. The van der Waals surface area contributed by atoms with Crippen LogP contribution in [-0.4, -0.2) is 24.2 Å². The van der Waals surface area contributed by atoms with Crippen molar-refractivity contribution in [3.63, 3.8) is 0 Å². The molecule has 0 aliphatic rings. The molecule has 0 aliphatic carbocycles. The highest BCUT2D eigenvalue weighted by Gasteiger charge is 2.19. The normalized spacial score (nSPS) is 12.7. The molecule has 2 heterocycles. The molecule has 3 N–H and O–H groups in total.